The molecular formula is C19H28Cl2N4O2. The van der Waals surface area contributed by atoms with Crippen molar-refractivity contribution >= 4 is 35.0 Å². The number of piperazine rings is 1. The average molecular weight is 415 g/mol. The molecular weight excluding hydrogens is 387 g/mol. The minimum Gasteiger partial charge on any atom is -0.353 e. The van der Waals surface area contributed by atoms with E-state index in [4.69, 9.17) is 23.2 Å². The molecule has 0 radical (unpaired) electrons. The van der Waals surface area contributed by atoms with Crippen molar-refractivity contribution < 1.29 is 9.59 Å². The zero-order chi connectivity index (χ0) is 20.0. The zero-order valence-electron chi connectivity index (χ0n) is 16.2. The lowest BCUT2D eigenvalue weighted by Gasteiger charge is -2.35. The highest BCUT2D eigenvalue weighted by molar-refractivity contribution is 6.42. The minimum absolute atomic E-state index is 0.0335. The number of likely N-dealkylation sites (N-methyl/N-ethyl adjacent to an activating group) is 1. The maximum Gasteiger partial charge on any atom is 0.236 e. The number of halogens is 2. The summed E-state index contributed by atoms with van der Waals surface area (Å²) in [5.41, 5.74) is 1.01. The molecule has 27 heavy (non-hydrogen) atoms. The monoisotopic (exact) mass is 414 g/mol. The minimum atomic E-state index is 0.0335. The third kappa shape index (κ3) is 7.30. The number of carbonyl (C=O) groups is 2. The number of hydrogen-bond acceptors (Lipinski definition) is 4. The van der Waals surface area contributed by atoms with Crippen LogP contribution in [0.25, 0.3) is 0 Å². The molecule has 1 aliphatic heterocycles. The lowest BCUT2D eigenvalue weighted by atomic mass is 10.2. The van der Waals surface area contributed by atoms with Crippen LogP contribution >= 0.6 is 23.2 Å². The van der Waals surface area contributed by atoms with Gasteiger partial charge >= 0.3 is 0 Å². The van der Waals surface area contributed by atoms with Crippen LogP contribution in [-0.4, -0.2) is 78.9 Å². The Bertz CT molecular complexity index is 661. The first kappa shape index (κ1) is 22.0. The van der Waals surface area contributed by atoms with Crippen molar-refractivity contribution in [2.45, 2.75) is 26.4 Å². The van der Waals surface area contributed by atoms with Gasteiger partial charge in [0.1, 0.15) is 0 Å². The Morgan fingerprint density at radius 3 is 2.41 bits per heavy atom. The van der Waals surface area contributed by atoms with Crippen LogP contribution in [0.4, 0.5) is 0 Å². The van der Waals surface area contributed by atoms with Gasteiger partial charge in [0.25, 0.3) is 0 Å². The number of benzene rings is 1. The van der Waals surface area contributed by atoms with Crippen LogP contribution in [0, 0.1) is 0 Å². The van der Waals surface area contributed by atoms with E-state index in [2.05, 4.69) is 10.2 Å². The topological polar surface area (TPSA) is 55.9 Å². The van der Waals surface area contributed by atoms with Gasteiger partial charge in [-0.05, 0) is 38.6 Å². The van der Waals surface area contributed by atoms with Crippen LogP contribution < -0.4 is 5.32 Å². The molecule has 0 spiro atoms. The molecule has 1 aromatic carbocycles. The molecule has 1 N–H and O–H groups in total. The van der Waals surface area contributed by atoms with E-state index in [-0.39, 0.29) is 17.9 Å². The maximum atomic E-state index is 12.5. The van der Waals surface area contributed by atoms with E-state index in [0.29, 0.717) is 55.9 Å². The largest absolute Gasteiger partial charge is 0.353 e. The standard InChI is InChI=1S/C19H28Cl2N4O2/c1-14(2)22-18(26)12-24-6-8-25(9-7-24)19(27)13-23(3)11-15-4-5-16(20)17(21)10-15/h4-5,10,14H,6-9,11-13H2,1-3H3,(H,22,26). The first-order valence-corrected chi connectivity index (χ1v) is 9.92. The van der Waals surface area contributed by atoms with E-state index in [1.54, 1.807) is 6.07 Å². The number of nitrogens with one attached hydrogen (secondary N) is 1. The molecule has 1 fully saturated rings. The Morgan fingerprint density at radius 2 is 1.81 bits per heavy atom. The molecule has 2 amide bonds. The third-order valence-corrected chi connectivity index (χ3v) is 5.12. The summed E-state index contributed by atoms with van der Waals surface area (Å²) < 4.78 is 0. The van der Waals surface area contributed by atoms with E-state index < -0.39 is 0 Å². The first-order chi connectivity index (χ1) is 12.7. The lowest BCUT2D eigenvalue weighted by molar-refractivity contribution is -0.134. The van der Waals surface area contributed by atoms with Crippen molar-refractivity contribution in [2.75, 3.05) is 46.3 Å². The lowest BCUT2D eigenvalue weighted by Crippen LogP contribution is -2.53. The molecule has 0 aliphatic carbocycles. The van der Waals surface area contributed by atoms with Gasteiger partial charge < -0.3 is 10.2 Å². The molecule has 0 atom stereocenters. The molecule has 150 valence electrons. The Labute approximate surface area is 171 Å². The Hall–Kier alpha value is -1.34. The highest BCUT2D eigenvalue weighted by Gasteiger charge is 2.23. The summed E-state index contributed by atoms with van der Waals surface area (Å²) in [5, 5.41) is 3.94. The first-order valence-electron chi connectivity index (χ1n) is 9.16. The third-order valence-electron chi connectivity index (χ3n) is 4.38. The predicted octanol–water partition coefficient (Wildman–Crippen LogP) is 2.09. The van der Waals surface area contributed by atoms with Crippen molar-refractivity contribution in [3.8, 4) is 0 Å². The van der Waals surface area contributed by atoms with Gasteiger partial charge in [0.05, 0.1) is 23.1 Å². The van der Waals surface area contributed by atoms with E-state index in [9.17, 15) is 9.59 Å². The summed E-state index contributed by atoms with van der Waals surface area (Å²) in [4.78, 5) is 30.3. The van der Waals surface area contributed by atoms with E-state index in [1.807, 2.05) is 42.8 Å². The van der Waals surface area contributed by atoms with Gasteiger partial charge in [0.2, 0.25) is 11.8 Å². The van der Waals surface area contributed by atoms with Gasteiger partial charge in [-0.2, -0.15) is 0 Å². The second-order valence-corrected chi connectivity index (χ2v) is 8.11. The Balaban J connectivity index is 1.75. The SMILES string of the molecule is CC(C)NC(=O)CN1CCN(C(=O)CN(C)Cc2ccc(Cl)c(Cl)c2)CC1. The summed E-state index contributed by atoms with van der Waals surface area (Å²) in [6.07, 6.45) is 0. The fraction of sp³-hybridized carbons (Fsp3) is 0.579. The van der Waals surface area contributed by atoms with Crippen molar-refractivity contribution in [1.29, 1.82) is 0 Å². The van der Waals surface area contributed by atoms with Crippen LogP contribution in [0.1, 0.15) is 19.4 Å². The second kappa shape index (κ2) is 10.3. The van der Waals surface area contributed by atoms with Crippen molar-refractivity contribution in [1.82, 2.24) is 20.0 Å². The fourth-order valence-electron chi connectivity index (χ4n) is 3.06. The molecule has 1 aromatic rings. The van der Waals surface area contributed by atoms with Crippen LogP contribution in [0.5, 0.6) is 0 Å². The molecule has 1 aliphatic rings. The summed E-state index contributed by atoms with van der Waals surface area (Å²) in [5.74, 6) is 0.134. The van der Waals surface area contributed by atoms with Gasteiger partial charge in [-0.3, -0.25) is 19.4 Å². The molecule has 1 heterocycles. The quantitative estimate of drug-likeness (QED) is 0.741. The van der Waals surface area contributed by atoms with E-state index >= 15 is 0 Å². The number of nitrogens with zero attached hydrogens (tertiary/aromatic N) is 3. The molecule has 0 unspecified atom stereocenters. The maximum absolute atomic E-state index is 12.5. The normalized spacial score (nSPS) is 15.4. The van der Waals surface area contributed by atoms with Crippen molar-refractivity contribution in [2.24, 2.45) is 0 Å². The number of amides is 2. The fourth-order valence-corrected chi connectivity index (χ4v) is 3.38. The van der Waals surface area contributed by atoms with Gasteiger partial charge in [-0.15, -0.1) is 0 Å². The molecule has 0 saturated carbocycles. The molecule has 6 nitrogen and oxygen atoms in total. The smallest absolute Gasteiger partial charge is 0.236 e. The van der Waals surface area contributed by atoms with Crippen molar-refractivity contribution in [3.63, 3.8) is 0 Å². The average Bonchev–Trinajstić information content (AvgIpc) is 2.58. The molecule has 0 bridgehead atoms. The van der Waals surface area contributed by atoms with Gasteiger partial charge in [-0.1, -0.05) is 29.3 Å². The number of carbonyl (C=O) groups excluding carboxylic acids is 2. The molecule has 1 saturated heterocycles. The zero-order valence-corrected chi connectivity index (χ0v) is 17.7. The summed E-state index contributed by atoms with van der Waals surface area (Å²) in [7, 11) is 1.91. The number of rotatable bonds is 7. The number of hydrogen-bond donors (Lipinski definition) is 1. The molecule has 8 heteroatoms. The Morgan fingerprint density at radius 1 is 1.15 bits per heavy atom. The van der Waals surface area contributed by atoms with Gasteiger partial charge in [0.15, 0.2) is 0 Å². The van der Waals surface area contributed by atoms with E-state index in [1.165, 1.54) is 0 Å². The summed E-state index contributed by atoms with van der Waals surface area (Å²) >= 11 is 12.0. The highest BCUT2D eigenvalue weighted by atomic mass is 35.5. The van der Waals surface area contributed by atoms with Crippen molar-refractivity contribution in [3.05, 3.63) is 33.8 Å². The molecule has 0 aromatic heterocycles. The van der Waals surface area contributed by atoms with Gasteiger partial charge in [-0.25, -0.2) is 0 Å². The summed E-state index contributed by atoms with van der Waals surface area (Å²) in [6, 6.07) is 5.65. The van der Waals surface area contributed by atoms with E-state index in [0.717, 1.165) is 5.56 Å². The second-order valence-electron chi connectivity index (χ2n) is 7.30. The van der Waals surface area contributed by atoms with Crippen LogP contribution in [0.2, 0.25) is 10.0 Å². The molecule has 2 rings (SSSR count). The van der Waals surface area contributed by atoms with Crippen LogP contribution in [0.3, 0.4) is 0 Å². The predicted molar refractivity (Wildman–Crippen MR) is 109 cm³/mol. The highest BCUT2D eigenvalue weighted by Crippen LogP contribution is 2.23. The summed E-state index contributed by atoms with van der Waals surface area (Å²) in [6.45, 7) is 7.97. The Kier molecular flexibility index (Phi) is 8.35. The van der Waals surface area contributed by atoms with Crippen LogP contribution in [0.15, 0.2) is 18.2 Å². The van der Waals surface area contributed by atoms with Gasteiger partial charge in [0, 0.05) is 38.8 Å². The van der Waals surface area contributed by atoms with Crippen LogP contribution in [-0.2, 0) is 16.1 Å².